The summed E-state index contributed by atoms with van der Waals surface area (Å²) < 4.78 is 12.0. The van der Waals surface area contributed by atoms with Crippen LogP contribution in [0.15, 0.2) is 109 Å². The Morgan fingerprint density at radius 3 is 2.31 bits per heavy atom. The zero-order valence-electron chi connectivity index (χ0n) is 22.6. The third-order valence-corrected chi connectivity index (χ3v) is 6.43. The fraction of sp³-hybridized carbons (Fsp3) is 0.206. The molecule has 0 radical (unpaired) electrons. The van der Waals surface area contributed by atoms with Crippen LogP contribution in [0.25, 0.3) is 6.08 Å². The van der Waals surface area contributed by atoms with Crippen molar-refractivity contribution in [2.24, 2.45) is 5.73 Å². The lowest BCUT2D eigenvalue weighted by Gasteiger charge is -2.28. The molecule has 2 N–H and O–H groups in total. The van der Waals surface area contributed by atoms with Crippen LogP contribution in [0.5, 0.6) is 17.2 Å². The molecule has 0 aromatic heterocycles. The summed E-state index contributed by atoms with van der Waals surface area (Å²) in [6.45, 7) is 5.55. The molecule has 0 saturated carbocycles. The average Bonchev–Trinajstić information content (AvgIpc) is 2.94. The van der Waals surface area contributed by atoms with Gasteiger partial charge >= 0.3 is 0 Å². The third-order valence-electron chi connectivity index (χ3n) is 6.43. The highest BCUT2D eigenvalue weighted by Crippen LogP contribution is 2.23. The van der Waals surface area contributed by atoms with Crippen LogP contribution in [0.3, 0.4) is 0 Å². The van der Waals surface area contributed by atoms with Gasteiger partial charge in [-0.3, -0.25) is 9.69 Å². The Morgan fingerprint density at radius 2 is 1.56 bits per heavy atom. The summed E-state index contributed by atoms with van der Waals surface area (Å²) in [5, 5.41) is 0. The van der Waals surface area contributed by atoms with E-state index in [2.05, 4.69) is 17.9 Å². The maximum absolute atomic E-state index is 12.4. The van der Waals surface area contributed by atoms with Crippen molar-refractivity contribution in [2.75, 3.05) is 13.1 Å². The Bertz CT molecular complexity index is 1370. The minimum absolute atomic E-state index is 0.0517. The number of aryl methyl sites for hydroxylation is 1. The minimum atomic E-state index is -0.375. The predicted molar refractivity (Wildman–Crippen MR) is 158 cm³/mol. The van der Waals surface area contributed by atoms with Crippen molar-refractivity contribution >= 4 is 11.9 Å². The van der Waals surface area contributed by atoms with E-state index in [1.807, 2.05) is 109 Å². The van der Waals surface area contributed by atoms with Crippen molar-refractivity contribution in [1.29, 1.82) is 0 Å². The molecule has 0 saturated heterocycles. The van der Waals surface area contributed by atoms with Gasteiger partial charge in [0.25, 0.3) is 0 Å². The number of hydrogen-bond donors (Lipinski definition) is 1. The van der Waals surface area contributed by atoms with Crippen molar-refractivity contribution in [3.8, 4) is 17.2 Å². The molecule has 0 aliphatic rings. The highest BCUT2D eigenvalue weighted by molar-refractivity contribution is 5.81. The molecule has 0 amide bonds. The summed E-state index contributed by atoms with van der Waals surface area (Å²) >= 11 is 0. The molecule has 0 fully saturated rings. The Hall–Kier alpha value is -4.19. The van der Waals surface area contributed by atoms with Crippen LogP contribution >= 0.6 is 0 Å². The summed E-state index contributed by atoms with van der Waals surface area (Å²) in [4.78, 5) is 14.5. The number of rotatable bonds is 13. The van der Waals surface area contributed by atoms with E-state index in [1.165, 1.54) is 5.56 Å². The molecular weight excluding hydrogens is 484 g/mol. The van der Waals surface area contributed by atoms with Crippen LogP contribution in [0.4, 0.5) is 0 Å². The number of nitrogens with zero attached hydrogens (tertiary/aromatic N) is 1. The topological polar surface area (TPSA) is 64.8 Å². The average molecular weight is 521 g/mol. The van der Waals surface area contributed by atoms with Crippen LogP contribution in [0.1, 0.15) is 29.2 Å². The van der Waals surface area contributed by atoms with Gasteiger partial charge in [-0.05, 0) is 66.9 Å². The molecule has 0 unspecified atom stereocenters. The Morgan fingerprint density at radius 1 is 0.846 bits per heavy atom. The van der Waals surface area contributed by atoms with Crippen molar-refractivity contribution in [2.45, 2.75) is 33.0 Å². The fourth-order valence-electron chi connectivity index (χ4n) is 4.33. The Balaban J connectivity index is 1.43. The number of benzene rings is 4. The number of Topliss-reactive ketones (excluding diaryl/α,β-unsaturated/α-hetero) is 1. The Labute approximate surface area is 231 Å². The molecule has 4 aromatic rings. The molecule has 5 heteroatoms. The molecule has 0 bridgehead atoms. The van der Waals surface area contributed by atoms with Gasteiger partial charge in [-0.2, -0.15) is 0 Å². The van der Waals surface area contributed by atoms with E-state index in [1.54, 1.807) is 6.92 Å². The van der Waals surface area contributed by atoms with Gasteiger partial charge < -0.3 is 15.2 Å². The summed E-state index contributed by atoms with van der Waals surface area (Å²) in [5.74, 6) is 2.42. The van der Waals surface area contributed by atoms with E-state index in [-0.39, 0.29) is 18.4 Å². The lowest BCUT2D eigenvalue weighted by Crippen LogP contribution is -2.44. The number of ether oxygens (including phenoxy) is 2. The molecule has 0 heterocycles. The van der Waals surface area contributed by atoms with Gasteiger partial charge in [-0.15, -0.1) is 0 Å². The van der Waals surface area contributed by atoms with E-state index in [0.717, 1.165) is 33.9 Å². The quantitative estimate of drug-likeness (QED) is 0.210. The lowest BCUT2D eigenvalue weighted by molar-refractivity contribution is -0.121. The summed E-state index contributed by atoms with van der Waals surface area (Å²) in [7, 11) is 0. The van der Waals surface area contributed by atoms with Gasteiger partial charge in [0.05, 0.1) is 6.04 Å². The fourth-order valence-corrected chi connectivity index (χ4v) is 4.33. The van der Waals surface area contributed by atoms with E-state index in [4.69, 9.17) is 15.2 Å². The van der Waals surface area contributed by atoms with Crippen LogP contribution in [0, 0.1) is 6.92 Å². The summed E-state index contributed by atoms with van der Waals surface area (Å²) in [6.07, 6.45) is 4.11. The smallest absolute Gasteiger partial charge is 0.148 e. The highest BCUT2D eigenvalue weighted by atomic mass is 16.5. The van der Waals surface area contributed by atoms with Crippen molar-refractivity contribution in [3.63, 3.8) is 0 Å². The Kier molecular flexibility index (Phi) is 10.1. The number of nitrogens with two attached hydrogens (primary N) is 1. The molecular formula is C34H36N2O3. The molecule has 0 aliphatic carbocycles. The van der Waals surface area contributed by atoms with Gasteiger partial charge in [0.2, 0.25) is 0 Å². The van der Waals surface area contributed by atoms with E-state index in [9.17, 15) is 4.79 Å². The van der Waals surface area contributed by atoms with Crippen molar-refractivity contribution < 1.29 is 14.3 Å². The molecule has 0 spiro atoms. The van der Waals surface area contributed by atoms with Crippen molar-refractivity contribution in [1.82, 2.24) is 4.90 Å². The molecule has 39 heavy (non-hydrogen) atoms. The molecule has 4 aromatic carbocycles. The van der Waals surface area contributed by atoms with Crippen LogP contribution in [-0.4, -0.2) is 29.8 Å². The molecule has 4 rings (SSSR count). The normalized spacial score (nSPS) is 12.0. The number of carbonyl (C=O) groups is 1. The van der Waals surface area contributed by atoms with Gasteiger partial charge in [-0.1, -0.05) is 84.4 Å². The second-order valence-electron chi connectivity index (χ2n) is 9.60. The van der Waals surface area contributed by atoms with E-state index < -0.39 is 0 Å². The second kappa shape index (κ2) is 14.1. The molecule has 200 valence electrons. The largest absolute Gasteiger partial charge is 0.489 e. The monoisotopic (exact) mass is 520 g/mol. The molecule has 5 nitrogen and oxygen atoms in total. The van der Waals surface area contributed by atoms with Gasteiger partial charge in [-0.25, -0.2) is 0 Å². The van der Waals surface area contributed by atoms with Gasteiger partial charge in [0, 0.05) is 19.6 Å². The second-order valence-corrected chi connectivity index (χ2v) is 9.60. The number of ketones is 1. The number of hydrogen-bond acceptors (Lipinski definition) is 5. The molecule has 0 aliphatic heterocycles. The van der Waals surface area contributed by atoms with E-state index >= 15 is 0 Å². The van der Waals surface area contributed by atoms with E-state index in [0.29, 0.717) is 19.7 Å². The zero-order valence-corrected chi connectivity index (χ0v) is 22.6. The maximum atomic E-state index is 12.4. The predicted octanol–water partition coefficient (Wildman–Crippen LogP) is 6.80. The summed E-state index contributed by atoms with van der Waals surface area (Å²) in [6, 6.07) is 33.6. The first-order valence-corrected chi connectivity index (χ1v) is 13.2. The molecule has 1 atom stereocenters. The number of carbonyl (C=O) groups excluding carboxylic acids is 1. The van der Waals surface area contributed by atoms with Crippen LogP contribution < -0.4 is 15.2 Å². The maximum Gasteiger partial charge on any atom is 0.148 e. The zero-order chi connectivity index (χ0) is 27.5. The summed E-state index contributed by atoms with van der Waals surface area (Å²) in [5.41, 5.74) is 10.4. The first-order valence-electron chi connectivity index (χ1n) is 13.2. The lowest BCUT2D eigenvalue weighted by atomic mass is 10.1. The first-order chi connectivity index (χ1) is 19.0. The van der Waals surface area contributed by atoms with Crippen molar-refractivity contribution in [3.05, 3.63) is 131 Å². The van der Waals surface area contributed by atoms with Gasteiger partial charge in [0.15, 0.2) is 0 Å². The van der Waals surface area contributed by atoms with Crippen LogP contribution in [0.2, 0.25) is 0 Å². The van der Waals surface area contributed by atoms with Crippen LogP contribution in [-0.2, 0) is 17.9 Å². The minimum Gasteiger partial charge on any atom is -0.489 e. The third kappa shape index (κ3) is 8.67. The standard InChI is InChI=1S/C34H36N2O3/c1-26-16-18-31(19-17-26)39-33-15-6-11-28(21-33)13-8-20-36(34(23-35)27(2)37)24-30-12-7-14-32(22-30)38-25-29-9-4-3-5-10-29/h3-19,21-22,34H,20,23-25,35H2,1-2H3/b13-8+/t34-/m0/s1. The first kappa shape index (κ1) is 27.8. The SMILES string of the molecule is CC(=O)[C@H](CN)N(C/C=C/c1cccc(Oc2ccc(C)cc2)c1)Cc1cccc(OCc2ccccc2)c1. The van der Waals surface area contributed by atoms with Gasteiger partial charge in [0.1, 0.15) is 29.6 Å². The highest BCUT2D eigenvalue weighted by Gasteiger charge is 2.21.